The summed E-state index contributed by atoms with van der Waals surface area (Å²) in [5.74, 6) is 2.08. The lowest BCUT2D eigenvalue weighted by Gasteiger charge is -2.62. The molecule has 0 bridgehead atoms. The quantitative estimate of drug-likeness (QED) is 0.578. The zero-order valence-electron chi connectivity index (χ0n) is 16.8. The summed E-state index contributed by atoms with van der Waals surface area (Å²) in [5.41, 5.74) is 1.95. The van der Waals surface area contributed by atoms with E-state index in [-0.39, 0.29) is 23.0 Å². The predicted octanol–water partition coefficient (Wildman–Crippen LogP) is 4.89. The van der Waals surface area contributed by atoms with Crippen molar-refractivity contribution in [3.63, 3.8) is 0 Å². The minimum absolute atomic E-state index is 0.0803. The number of ether oxygens (including phenoxy) is 2. The van der Waals surface area contributed by atoms with Gasteiger partial charge in [0.2, 0.25) is 0 Å². The molecule has 0 amide bonds. The number of fused-ring (bicyclic) bond motifs is 8. The number of Topliss-reactive ketones (excluding diaryl/α,β-unsaturated/α-hetero) is 1. The van der Waals surface area contributed by atoms with Crippen LogP contribution in [0.2, 0.25) is 0 Å². The molecule has 0 spiro atoms. The molecule has 144 valence electrons. The topological polar surface area (TPSA) is 35.5 Å². The molecule has 0 radical (unpaired) electrons. The van der Waals surface area contributed by atoms with Crippen molar-refractivity contribution in [2.75, 3.05) is 0 Å². The maximum Gasteiger partial charge on any atom is 0.163 e. The zero-order valence-corrected chi connectivity index (χ0v) is 16.8. The molecular weight excluding hydrogens is 324 g/mol. The predicted molar refractivity (Wildman–Crippen MR) is 100 cm³/mol. The Balaban J connectivity index is 1.61. The summed E-state index contributed by atoms with van der Waals surface area (Å²) in [6.45, 7) is 13.5. The number of carbonyl (C=O) groups excluding carboxylic acids is 1. The minimum Gasteiger partial charge on any atom is -0.344 e. The molecular formula is C23H34O3. The maximum absolute atomic E-state index is 12.3. The molecule has 0 N–H and O–H groups in total. The van der Waals surface area contributed by atoms with Gasteiger partial charge in [-0.25, -0.2) is 0 Å². The molecule has 8 atom stereocenters. The van der Waals surface area contributed by atoms with Crippen LogP contribution >= 0.6 is 0 Å². The number of hydrogen-bond acceptors (Lipinski definition) is 3. The van der Waals surface area contributed by atoms with Gasteiger partial charge in [0.1, 0.15) is 5.78 Å². The first-order valence-corrected chi connectivity index (χ1v) is 10.7. The standard InChI is InChI=1S/C23H34O3/c1-13-6-7-15-18-16(9-11-22(13,15)4)23(5)10-8-14(24)12-17(23)19-20(18)26-21(2,3)25-19/h15-20H,1,6-12H2,2-5H3/t15-,16-,17+,18?,19+,20+,22+,23+/m0/s1. The van der Waals surface area contributed by atoms with E-state index in [0.717, 1.165) is 12.8 Å². The summed E-state index contributed by atoms with van der Waals surface area (Å²) in [5, 5.41) is 0. The van der Waals surface area contributed by atoms with E-state index in [1.165, 1.54) is 31.3 Å². The molecule has 0 aromatic heterocycles. The van der Waals surface area contributed by atoms with Crippen LogP contribution < -0.4 is 0 Å². The molecule has 3 nitrogen and oxygen atoms in total. The van der Waals surface area contributed by atoms with Gasteiger partial charge in [-0.1, -0.05) is 26.0 Å². The van der Waals surface area contributed by atoms with Crippen LogP contribution in [0.3, 0.4) is 0 Å². The lowest BCUT2D eigenvalue weighted by atomic mass is 9.44. The first-order valence-electron chi connectivity index (χ1n) is 10.7. The van der Waals surface area contributed by atoms with Crippen LogP contribution in [-0.4, -0.2) is 23.8 Å². The van der Waals surface area contributed by atoms with E-state index in [9.17, 15) is 4.79 Å². The molecule has 1 saturated heterocycles. The molecule has 3 heteroatoms. The van der Waals surface area contributed by atoms with Crippen LogP contribution in [0.1, 0.15) is 72.6 Å². The SMILES string of the molecule is C=C1CC[C@H]2C3[C@H]4OC(C)(C)O[C@@H]4[C@H]4CC(=O)CC[C@]4(C)[C@H]3CC[C@]12C. The first-order chi connectivity index (χ1) is 12.2. The average molecular weight is 359 g/mol. The third-order valence-corrected chi connectivity index (χ3v) is 9.31. The van der Waals surface area contributed by atoms with Crippen molar-refractivity contribution in [3.05, 3.63) is 12.2 Å². The second kappa shape index (κ2) is 5.23. The number of carbonyl (C=O) groups is 1. The van der Waals surface area contributed by atoms with Crippen LogP contribution in [0.4, 0.5) is 0 Å². The van der Waals surface area contributed by atoms with Crippen molar-refractivity contribution < 1.29 is 14.3 Å². The molecule has 1 aliphatic heterocycles. The van der Waals surface area contributed by atoms with Crippen molar-refractivity contribution in [2.24, 2.45) is 34.5 Å². The van der Waals surface area contributed by atoms with E-state index < -0.39 is 5.79 Å². The second-order valence-electron chi connectivity index (χ2n) is 10.8. The average Bonchev–Trinajstić information content (AvgIpc) is 3.05. The third kappa shape index (κ3) is 2.11. The summed E-state index contributed by atoms with van der Waals surface area (Å²) >= 11 is 0. The molecule has 4 saturated carbocycles. The van der Waals surface area contributed by atoms with E-state index in [1.807, 2.05) is 0 Å². The maximum atomic E-state index is 12.3. The number of rotatable bonds is 0. The van der Waals surface area contributed by atoms with Crippen molar-refractivity contribution >= 4 is 5.78 Å². The molecule has 4 aliphatic carbocycles. The molecule has 5 fully saturated rings. The lowest BCUT2D eigenvalue weighted by Crippen LogP contribution is -2.62. The second-order valence-corrected chi connectivity index (χ2v) is 10.8. The largest absolute Gasteiger partial charge is 0.344 e. The van der Waals surface area contributed by atoms with E-state index in [0.29, 0.717) is 35.9 Å². The van der Waals surface area contributed by atoms with Gasteiger partial charge in [0.25, 0.3) is 0 Å². The van der Waals surface area contributed by atoms with Crippen LogP contribution in [0.25, 0.3) is 0 Å². The molecule has 1 heterocycles. The highest BCUT2D eigenvalue weighted by molar-refractivity contribution is 5.79. The van der Waals surface area contributed by atoms with Gasteiger partial charge in [-0.15, -0.1) is 0 Å². The van der Waals surface area contributed by atoms with Gasteiger partial charge >= 0.3 is 0 Å². The highest BCUT2D eigenvalue weighted by Crippen LogP contribution is 2.68. The number of allylic oxidation sites excluding steroid dienone is 1. The molecule has 5 rings (SSSR count). The van der Waals surface area contributed by atoms with Crippen LogP contribution in [0.15, 0.2) is 12.2 Å². The molecule has 1 unspecified atom stereocenters. The van der Waals surface area contributed by atoms with Crippen LogP contribution in [-0.2, 0) is 14.3 Å². The number of ketones is 1. The van der Waals surface area contributed by atoms with E-state index in [2.05, 4.69) is 34.3 Å². The molecule has 0 aromatic rings. The third-order valence-electron chi connectivity index (χ3n) is 9.31. The van der Waals surface area contributed by atoms with E-state index in [1.54, 1.807) is 0 Å². The van der Waals surface area contributed by atoms with Crippen molar-refractivity contribution in [1.82, 2.24) is 0 Å². The van der Waals surface area contributed by atoms with Gasteiger partial charge in [0, 0.05) is 18.8 Å². The normalized spacial score (nSPS) is 55.1. The number of hydrogen-bond donors (Lipinski definition) is 0. The van der Waals surface area contributed by atoms with Gasteiger partial charge in [-0.3, -0.25) is 4.79 Å². The Morgan fingerprint density at radius 1 is 0.923 bits per heavy atom. The Kier molecular flexibility index (Phi) is 3.50. The van der Waals surface area contributed by atoms with Crippen LogP contribution in [0.5, 0.6) is 0 Å². The van der Waals surface area contributed by atoms with Gasteiger partial charge in [-0.2, -0.15) is 0 Å². The first kappa shape index (κ1) is 17.4. The summed E-state index contributed by atoms with van der Waals surface area (Å²) in [7, 11) is 0. The van der Waals surface area contributed by atoms with Gasteiger partial charge in [-0.05, 0) is 74.5 Å². The highest BCUT2D eigenvalue weighted by Gasteiger charge is 2.67. The molecule has 5 aliphatic rings. The Hall–Kier alpha value is -0.670. The van der Waals surface area contributed by atoms with Gasteiger partial charge in [0.05, 0.1) is 12.2 Å². The lowest BCUT2D eigenvalue weighted by molar-refractivity contribution is -0.175. The van der Waals surface area contributed by atoms with E-state index >= 15 is 0 Å². The molecule has 0 aromatic carbocycles. The van der Waals surface area contributed by atoms with Crippen molar-refractivity contribution in [3.8, 4) is 0 Å². The van der Waals surface area contributed by atoms with Gasteiger partial charge < -0.3 is 9.47 Å². The summed E-state index contributed by atoms with van der Waals surface area (Å²) in [6, 6.07) is 0. The van der Waals surface area contributed by atoms with Crippen LogP contribution in [0, 0.1) is 34.5 Å². The van der Waals surface area contributed by atoms with Crippen molar-refractivity contribution in [2.45, 2.75) is 90.6 Å². The summed E-state index contributed by atoms with van der Waals surface area (Å²) in [6.07, 6.45) is 7.65. The smallest absolute Gasteiger partial charge is 0.163 e. The zero-order chi connectivity index (χ0) is 18.5. The highest BCUT2D eigenvalue weighted by atomic mass is 16.8. The Labute approximate surface area is 157 Å². The Morgan fingerprint density at radius 3 is 2.42 bits per heavy atom. The molecule has 26 heavy (non-hydrogen) atoms. The minimum atomic E-state index is -0.533. The fourth-order valence-corrected chi connectivity index (χ4v) is 7.88. The van der Waals surface area contributed by atoms with Crippen molar-refractivity contribution in [1.29, 1.82) is 0 Å². The van der Waals surface area contributed by atoms with Gasteiger partial charge in [0.15, 0.2) is 5.79 Å². The summed E-state index contributed by atoms with van der Waals surface area (Å²) in [4.78, 5) is 12.3. The fraction of sp³-hybridized carbons (Fsp3) is 0.870. The Morgan fingerprint density at radius 2 is 1.65 bits per heavy atom. The monoisotopic (exact) mass is 358 g/mol. The fourth-order valence-electron chi connectivity index (χ4n) is 7.88. The Bertz CT molecular complexity index is 666. The summed E-state index contributed by atoms with van der Waals surface area (Å²) < 4.78 is 13.1. The van der Waals surface area contributed by atoms with E-state index in [4.69, 9.17) is 9.47 Å².